The Morgan fingerprint density at radius 3 is 2.29 bits per heavy atom. The summed E-state index contributed by atoms with van der Waals surface area (Å²) in [6.45, 7) is 1.54. The second kappa shape index (κ2) is 4.53. The van der Waals surface area contributed by atoms with Crippen molar-refractivity contribution in [2.75, 3.05) is 4.72 Å². The fraction of sp³-hybridized carbons (Fsp3) is 0.333. The molecule has 0 unspecified atom stereocenters. The van der Waals surface area contributed by atoms with Crippen LogP contribution in [0.4, 0.5) is 18.9 Å². The summed E-state index contributed by atoms with van der Waals surface area (Å²) in [6, 6.07) is 5.08. The lowest BCUT2D eigenvalue weighted by Gasteiger charge is -2.15. The molecule has 1 aromatic carbocycles. The van der Waals surface area contributed by atoms with Gasteiger partial charge in [0.15, 0.2) is 0 Å². The Kier molecular flexibility index (Phi) is 3.68. The number of nitrogens with one attached hydrogen (secondary N) is 1. The van der Waals surface area contributed by atoms with Crippen LogP contribution in [0.15, 0.2) is 24.3 Å². The van der Waals surface area contributed by atoms with Crippen molar-refractivity contribution in [3.63, 3.8) is 0 Å². The summed E-state index contributed by atoms with van der Waals surface area (Å²) in [5, 5.41) is 0. The Morgan fingerprint density at radius 1 is 1.29 bits per heavy atom. The molecule has 0 aromatic heterocycles. The van der Waals surface area contributed by atoms with Crippen molar-refractivity contribution >= 4 is 15.7 Å². The van der Waals surface area contributed by atoms with E-state index in [0.29, 0.717) is 5.56 Å². The number of para-hydroxylation sites is 1. The van der Waals surface area contributed by atoms with Gasteiger partial charge in [0.2, 0.25) is 0 Å². The predicted octanol–water partition coefficient (Wildman–Crippen LogP) is 1.97. The van der Waals surface area contributed by atoms with Crippen LogP contribution in [0.3, 0.4) is 0 Å². The van der Waals surface area contributed by atoms with Crippen LogP contribution in [-0.4, -0.2) is 13.9 Å². The van der Waals surface area contributed by atoms with E-state index in [-0.39, 0.29) is 5.69 Å². The Morgan fingerprint density at radius 2 is 1.82 bits per heavy atom. The first-order valence-corrected chi connectivity index (χ1v) is 6.07. The van der Waals surface area contributed by atoms with E-state index < -0.39 is 21.6 Å². The molecule has 0 heterocycles. The number of halogens is 3. The summed E-state index contributed by atoms with van der Waals surface area (Å²) in [6.07, 6.45) is 0. The molecule has 1 aromatic rings. The zero-order valence-corrected chi connectivity index (χ0v) is 9.64. The van der Waals surface area contributed by atoms with Gasteiger partial charge in [0, 0.05) is 6.04 Å². The van der Waals surface area contributed by atoms with Gasteiger partial charge in [-0.15, -0.1) is 0 Å². The maximum Gasteiger partial charge on any atom is 0.516 e. The van der Waals surface area contributed by atoms with Crippen LogP contribution in [0.2, 0.25) is 0 Å². The molecular formula is C9H11F3N2O2S. The number of benzene rings is 1. The molecule has 0 aliphatic rings. The van der Waals surface area contributed by atoms with Crippen molar-refractivity contribution in [2.24, 2.45) is 5.73 Å². The van der Waals surface area contributed by atoms with E-state index in [4.69, 9.17) is 5.73 Å². The number of hydrogen-bond donors (Lipinski definition) is 2. The van der Waals surface area contributed by atoms with Gasteiger partial charge in [0.1, 0.15) is 0 Å². The molecule has 3 N–H and O–H groups in total. The number of hydrogen-bond acceptors (Lipinski definition) is 3. The largest absolute Gasteiger partial charge is 0.516 e. The molecule has 0 aliphatic carbocycles. The maximum atomic E-state index is 12.2. The fourth-order valence-corrected chi connectivity index (χ4v) is 1.78. The van der Waals surface area contributed by atoms with Crippen LogP contribution in [0.5, 0.6) is 0 Å². The van der Waals surface area contributed by atoms with Crippen molar-refractivity contribution in [2.45, 2.75) is 18.5 Å². The van der Waals surface area contributed by atoms with E-state index in [1.54, 1.807) is 13.0 Å². The number of rotatable bonds is 3. The monoisotopic (exact) mass is 268 g/mol. The molecule has 0 fully saturated rings. The fourth-order valence-electron chi connectivity index (χ4n) is 1.19. The van der Waals surface area contributed by atoms with Gasteiger partial charge in [0.05, 0.1) is 5.69 Å². The lowest BCUT2D eigenvalue weighted by Crippen LogP contribution is -2.30. The van der Waals surface area contributed by atoms with E-state index >= 15 is 0 Å². The Labute approximate surface area is 96.7 Å². The number of alkyl halides is 3. The van der Waals surface area contributed by atoms with Crippen molar-refractivity contribution < 1.29 is 21.6 Å². The van der Waals surface area contributed by atoms with E-state index in [0.717, 1.165) is 0 Å². The van der Waals surface area contributed by atoms with Crippen molar-refractivity contribution in [1.82, 2.24) is 0 Å². The number of sulfonamides is 1. The van der Waals surface area contributed by atoms with Gasteiger partial charge in [-0.2, -0.15) is 21.6 Å². The highest BCUT2D eigenvalue weighted by molar-refractivity contribution is 7.93. The quantitative estimate of drug-likeness (QED) is 0.880. The van der Waals surface area contributed by atoms with E-state index in [9.17, 15) is 21.6 Å². The van der Waals surface area contributed by atoms with Crippen LogP contribution in [0, 0.1) is 0 Å². The summed E-state index contributed by atoms with van der Waals surface area (Å²) < 4.78 is 59.8. The molecule has 96 valence electrons. The van der Waals surface area contributed by atoms with Crippen LogP contribution in [-0.2, 0) is 10.0 Å². The third-order valence-electron chi connectivity index (χ3n) is 2.00. The summed E-state index contributed by atoms with van der Waals surface area (Å²) >= 11 is 0. The average molecular weight is 268 g/mol. The van der Waals surface area contributed by atoms with Crippen molar-refractivity contribution in [3.8, 4) is 0 Å². The van der Waals surface area contributed by atoms with Gasteiger partial charge in [-0.3, -0.25) is 4.72 Å². The molecule has 0 bridgehead atoms. The molecule has 0 saturated heterocycles. The lowest BCUT2D eigenvalue weighted by molar-refractivity contribution is -0.0429. The molecule has 1 rings (SSSR count). The van der Waals surface area contributed by atoms with Gasteiger partial charge in [0.25, 0.3) is 0 Å². The van der Waals surface area contributed by atoms with Crippen LogP contribution in [0.25, 0.3) is 0 Å². The zero-order chi connectivity index (χ0) is 13.3. The minimum Gasteiger partial charge on any atom is -0.324 e. The number of anilines is 1. The Hall–Kier alpha value is -1.28. The highest BCUT2D eigenvalue weighted by atomic mass is 32.2. The molecule has 1 atom stereocenters. The maximum absolute atomic E-state index is 12.2. The van der Waals surface area contributed by atoms with Gasteiger partial charge in [-0.1, -0.05) is 18.2 Å². The standard InChI is InChI=1S/C9H11F3N2O2S/c1-6(13)7-4-2-3-5-8(7)14-17(15,16)9(10,11)12/h2-6,14H,13H2,1H3/t6-/m1/s1. The molecule has 0 aliphatic heterocycles. The molecular weight excluding hydrogens is 257 g/mol. The van der Waals surface area contributed by atoms with Gasteiger partial charge >= 0.3 is 15.5 Å². The number of nitrogens with two attached hydrogens (primary N) is 1. The zero-order valence-electron chi connectivity index (χ0n) is 8.82. The molecule has 0 spiro atoms. The highest BCUT2D eigenvalue weighted by Gasteiger charge is 2.46. The second-order valence-electron chi connectivity index (χ2n) is 3.43. The molecule has 0 radical (unpaired) electrons. The first-order chi connectivity index (χ1) is 7.65. The third kappa shape index (κ3) is 3.10. The van der Waals surface area contributed by atoms with Gasteiger partial charge < -0.3 is 5.73 Å². The summed E-state index contributed by atoms with van der Waals surface area (Å²) in [7, 11) is -5.41. The van der Waals surface area contributed by atoms with Gasteiger partial charge in [-0.05, 0) is 18.6 Å². The predicted molar refractivity (Wildman–Crippen MR) is 57.6 cm³/mol. The third-order valence-corrected chi connectivity index (χ3v) is 3.10. The highest BCUT2D eigenvalue weighted by Crippen LogP contribution is 2.28. The molecule has 0 saturated carbocycles. The van der Waals surface area contributed by atoms with Crippen molar-refractivity contribution in [3.05, 3.63) is 29.8 Å². The van der Waals surface area contributed by atoms with Crippen LogP contribution < -0.4 is 10.5 Å². The van der Waals surface area contributed by atoms with Gasteiger partial charge in [-0.25, -0.2) is 0 Å². The van der Waals surface area contributed by atoms with E-state index in [1.807, 2.05) is 0 Å². The molecule has 4 nitrogen and oxygen atoms in total. The van der Waals surface area contributed by atoms with Crippen molar-refractivity contribution in [1.29, 1.82) is 0 Å². The van der Waals surface area contributed by atoms with E-state index in [1.165, 1.54) is 22.9 Å². The first-order valence-electron chi connectivity index (χ1n) is 4.59. The topological polar surface area (TPSA) is 72.2 Å². The smallest absolute Gasteiger partial charge is 0.324 e. The van der Waals surface area contributed by atoms with Crippen LogP contribution in [0.1, 0.15) is 18.5 Å². The van der Waals surface area contributed by atoms with E-state index in [2.05, 4.69) is 0 Å². The molecule has 17 heavy (non-hydrogen) atoms. The Bertz CT molecular complexity index is 497. The normalized spacial score (nSPS) is 14.4. The van der Waals surface area contributed by atoms with Crippen LogP contribution >= 0.6 is 0 Å². The molecule has 8 heteroatoms. The first kappa shape index (κ1) is 13.8. The Balaban J connectivity index is 3.13. The summed E-state index contributed by atoms with van der Waals surface area (Å²) in [5.74, 6) is 0. The lowest BCUT2D eigenvalue weighted by atomic mass is 10.1. The minimum absolute atomic E-state index is 0.167. The summed E-state index contributed by atoms with van der Waals surface area (Å²) in [4.78, 5) is 0. The summed E-state index contributed by atoms with van der Waals surface area (Å²) in [5.41, 5.74) is 0.302. The average Bonchev–Trinajstić information content (AvgIpc) is 2.15. The molecule has 0 amide bonds. The second-order valence-corrected chi connectivity index (χ2v) is 5.10. The SMILES string of the molecule is C[C@@H](N)c1ccccc1NS(=O)(=O)C(F)(F)F. The minimum atomic E-state index is -5.41.